The van der Waals surface area contributed by atoms with Crippen LogP contribution in [0.3, 0.4) is 0 Å². The van der Waals surface area contributed by atoms with E-state index >= 15 is 0 Å². The summed E-state index contributed by atoms with van der Waals surface area (Å²) < 4.78 is 1.99. The van der Waals surface area contributed by atoms with Crippen LogP contribution in [0.4, 0.5) is 5.95 Å². The maximum atomic E-state index is 5.75. The van der Waals surface area contributed by atoms with Gasteiger partial charge in [-0.1, -0.05) is 26.0 Å². The molecule has 120 valence electrons. The number of nitrogens with one attached hydrogen (secondary N) is 1. The molecule has 0 amide bonds. The number of hydrogen-bond donors (Lipinski definition) is 2. The van der Waals surface area contributed by atoms with Crippen LogP contribution in [0.1, 0.15) is 37.9 Å². The molecule has 0 saturated carbocycles. The van der Waals surface area contributed by atoms with Gasteiger partial charge in [-0.05, 0) is 30.5 Å². The van der Waals surface area contributed by atoms with Crippen molar-refractivity contribution >= 4 is 17.1 Å². The van der Waals surface area contributed by atoms with Gasteiger partial charge in [0.1, 0.15) is 11.8 Å². The third-order valence-corrected chi connectivity index (χ3v) is 3.73. The first-order chi connectivity index (χ1) is 11.1. The highest BCUT2D eigenvalue weighted by atomic mass is 15.2. The molecule has 0 aliphatic heterocycles. The van der Waals surface area contributed by atoms with Crippen LogP contribution in [0, 0.1) is 0 Å². The standard InChI is InChI=1S/C17H22N6/c1-4-19-17-21-14(11(2)3)15-16(22-17)23(10-20-15)13-7-5-6-12(8-13)9-18/h5-8,10-11H,4,9,18H2,1-3H3,(H,19,21,22). The van der Waals surface area contributed by atoms with Crippen LogP contribution >= 0.6 is 0 Å². The second-order valence-electron chi connectivity index (χ2n) is 5.78. The van der Waals surface area contributed by atoms with Crippen molar-refractivity contribution in [1.82, 2.24) is 19.5 Å². The normalized spacial score (nSPS) is 11.3. The molecule has 0 atom stereocenters. The molecule has 23 heavy (non-hydrogen) atoms. The van der Waals surface area contributed by atoms with E-state index in [1.807, 2.05) is 29.7 Å². The fraction of sp³-hybridized carbons (Fsp3) is 0.353. The topological polar surface area (TPSA) is 81.7 Å². The van der Waals surface area contributed by atoms with Gasteiger partial charge in [-0.25, -0.2) is 9.97 Å². The number of rotatable bonds is 5. The van der Waals surface area contributed by atoms with Crippen LogP contribution in [-0.2, 0) is 6.54 Å². The molecule has 6 nitrogen and oxygen atoms in total. The summed E-state index contributed by atoms with van der Waals surface area (Å²) in [5.74, 6) is 0.914. The van der Waals surface area contributed by atoms with E-state index in [1.54, 1.807) is 6.33 Å². The van der Waals surface area contributed by atoms with Crippen LogP contribution in [0.15, 0.2) is 30.6 Å². The molecular weight excluding hydrogens is 288 g/mol. The SMILES string of the molecule is CCNc1nc(C(C)C)c2ncn(-c3cccc(CN)c3)c2n1. The average molecular weight is 310 g/mol. The van der Waals surface area contributed by atoms with E-state index in [9.17, 15) is 0 Å². The van der Waals surface area contributed by atoms with E-state index in [0.29, 0.717) is 12.5 Å². The Morgan fingerprint density at radius 3 is 2.78 bits per heavy atom. The highest BCUT2D eigenvalue weighted by Gasteiger charge is 2.16. The van der Waals surface area contributed by atoms with E-state index < -0.39 is 0 Å². The summed E-state index contributed by atoms with van der Waals surface area (Å²) in [4.78, 5) is 13.8. The average Bonchev–Trinajstić information content (AvgIpc) is 2.98. The van der Waals surface area contributed by atoms with Crippen molar-refractivity contribution in [3.05, 3.63) is 41.9 Å². The van der Waals surface area contributed by atoms with Gasteiger partial charge in [-0.3, -0.25) is 4.57 Å². The zero-order valence-electron chi connectivity index (χ0n) is 13.7. The summed E-state index contributed by atoms with van der Waals surface area (Å²) in [6.07, 6.45) is 1.80. The largest absolute Gasteiger partial charge is 0.354 e. The number of fused-ring (bicyclic) bond motifs is 1. The van der Waals surface area contributed by atoms with Gasteiger partial charge in [0, 0.05) is 18.8 Å². The van der Waals surface area contributed by atoms with Crippen LogP contribution < -0.4 is 11.1 Å². The number of nitrogens with two attached hydrogens (primary N) is 1. The molecule has 3 N–H and O–H groups in total. The number of hydrogen-bond acceptors (Lipinski definition) is 5. The van der Waals surface area contributed by atoms with Gasteiger partial charge in [0.15, 0.2) is 5.65 Å². The van der Waals surface area contributed by atoms with Gasteiger partial charge in [-0.2, -0.15) is 4.98 Å². The molecule has 0 fully saturated rings. The highest BCUT2D eigenvalue weighted by Crippen LogP contribution is 2.25. The van der Waals surface area contributed by atoms with Gasteiger partial charge in [0.2, 0.25) is 5.95 Å². The third-order valence-electron chi connectivity index (χ3n) is 3.73. The molecule has 1 aromatic carbocycles. The number of aromatic nitrogens is 4. The van der Waals surface area contributed by atoms with Crippen LogP contribution in [-0.4, -0.2) is 26.1 Å². The Labute approximate surface area is 135 Å². The summed E-state index contributed by atoms with van der Waals surface area (Å²) in [7, 11) is 0. The van der Waals surface area contributed by atoms with E-state index in [2.05, 4.69) is 40.2 Å². The zero-order chi connectivity index (χ0) is 16.4. The molecule has 2 aromatic heterocycles. The lowest BCUT2D eigenvalue weighted by Crippen LogP contribution is -2.07. The Bertz CT molecular complexity index is 821. The molecule has 0 radical (unpaired) electrons. The Balaban J connectivity index is 2.21. The third kappa shape index (κ3) is 2.90. The first kappa shape index (κ1) is 15.4. The smallest absolute Gasteiger partial charge is 0.225 e. The minimum atomic E-state index is 0.275. The summed E-state index contributed by atoms with van der Waals surface area (Å²) in [5, 5.41) is 3.20. The summed E-state index contributed by atoms with van der Waals surface area (Å²) in [6, 6.07) is 8.11. The number of benzene rings is 1. The Kier molecular flexibility index (Phi) is 4.25. The first-order valence-electron chi connectivity index (χ1n) is 7.92. The molecule has 6 heteroatoms. The number of imidazole rings is 1. The minimum absolute atomic E-state index is 0.275. The van der Waals surface area contributed by atoms with E-state index in [0.717, 1.165) is 34.7 Å². The van der Waals surface area contributed by atoms with Crippen molar-refractivity contribution in [3.8, 4) is 5.69 Å². The molecule has 0 saturated heterocycles. The van der Waals surface area contributed by atoms with Crippen molar-refractivity contribution in [3.63, 3.8) is 0 Å². The predicted octanol–water partition coefficient (Wildman–Crippen LogP) is 2.83. The maximum absolute atomic E-state index is 5.75. The fourth-order valence-electron chi connectivity index (χ4n) is 2.58. The quantitative estimate of drug-likeness (QED) is 0.757. The second-order valence-corrected chi connectivity index (χ2v) is 5.78. The molecular formula is C17H22N6. The molecule has 3 rings (SSSR count). The Hall–Kier alpha value is -2.47. The first-order valence-corrected chi connectivity index (χ1v) is 7.92. The molecule has 0 aliphatic carbocycles. The van der Waals surface area contributed by atoms with Crippen molar-refractivity contribution < 1.29 is 0 Å². The Morgan fingerprint density at radius 1 is 1.26 bits per heavy atom. The van der Waals surface area contributed by atoms with E-state index in [-0.39, 0.29) is 5.92 Å². The summed E-state index contributed by atoms with van der Waals surface area (Å²) >= 11 is 0. The van der Waals surface area contributed by atoms with Crippen LogP contribution in [0.5, 0.6) is 0 Å². The Morgan fingerprint density at radius 2 is 2.09 bits per heavy atom. The number of anilines is 1. The van der Waals surface area contributed by atoms with Gasteiger partial charge < -0.3 is 11.1 Å². The van der Waals surface area contributed by atoms with E-state index in [1.165, 1.54) is 0 Å². The van der Waals surface area contributed by atoms with Crippen molar-refractivity contribution in [2.24, 2.45) is 5.73 Å². The van der Waals surface area contributed by atoms with Crippen LogP contribution in [0.25, 0.3) is 16.9 Å². The lowest BCUT2D eigenvalue weighted by Gasteiger charge is -2.10. The lowest BCUT2D eigenvalue weighted by atomic mass is 10.1. The fourth-order valence-corrected chi connectivity index (χ4v) is 2.58. The molecule has 0 unspecified atom stereocenters. The second kappa shape index (κ2) is 6.34. The van der Waals surface area contributed by atoms with Gasteiger partial charge in [0.05, 0.1) is 5.69 Å². The highest BCUT2D eigenvalue weighted by molar-refractivity contribution is 5.77. The minimum Gasteiger partial charge on any atom is -0.354 e. The van der Waals surface area contributed by atoms with Crippen molar-refractivity contribution in [2.75, 3.05) is 11.9 Å². The van der Waals surface area contributed by atoms with E-state index in [4.69, 9.17) is 5.73 Å². The molecule has 2 heterocycles. The van der Waals surface area contributed by atoms with Gasteiger partial charge in [-0.15, -0.1) is 0 Å². The van der Waals surface area contributed by atoms with Gasteiger partial charge in [0.25, 0.3) is 0 Å². The molecule has 0 bridgehead atoms. The maximum Gasteiger partial charge on any atom is 0.225 e. The zero-order valence-corrected chi connectivity index (χ0v) is 13.7. The monoisotopic (exact) mass is 310 g/mol. The molecule has 0 aliphatic rings. The summed E-state index contributed by atoms with van der Waals surface area (Å²) in [5.41, 5.74) is 10.5. The lowest BCUT2D eigenvalue weighted by molar-refractivity contribution is 0.825. The van der Waals surface area contributed by atoms with Crippen LogP contribution in [0.2, 0.25) is 0 Å². The number of nitrogens with zero attached hydrogens (tertiary/aromatic N) is 4. The predicted molar refractivity (Wildman–Crippen MR) is 92.8 cm³/mol. The molecule has 0 spiro atoms. The van der Waals surface area contributed by atoms with Crippen molar-refractivity contribution in [2.45, 2.75) is 33.2 Å². The van der Waals surface area contributed by atoms with Gasteiger partial charge >= 0.3 is 0 Å². The van der Waals surface area contributed by atoms with Crippen molar-refractivity contribution in [1.29, 1.82) is 0 Å². The summed E-state index contributed by atoms with van der Waals surface area (Å²) in [6.45, 7) is 7.55. The molecule has 3 aromatic rings.